The van der Waals surface area contributed by atoms with E-state index in [1.54, 1.807) is 19.1 Å². The van der Waals surface area contributed by atoms with Gasteiger partial charge in [0.1, 0.15) is 5.82 Å². The molecule has 1 amide bonds. The van der Waals surface area contributed by atoms with Crippen molar-refractivity contribution in [3.8, 4) is 11.5 Å². The Morgan fingerprint density at radius 1 is 1.03 bits per heavy atom. The third-order valence-electron chi connectivity index (χ3n) is 4.27. The molecular weight excluding hydrogens is 433 g/mol. The van der Waals surface area contributed by atoms with Crippen molar-refractivity contribution < 1.29 is 28.4 Å². The van der Waals surface area contributed by atoms with E-state index in [1.807, 2.05) is 0 Å². The molecule has 0 spiro atoms. The van der Waals surface area contributed by atoms with Crippen LogP contribution in [0.1, 0.15) is 33.2 Å². The topological polar surface area (TPSA) is 120 Å². The first-order chi connectivity index (χ1) is 15.9. The van der Waals surface area contributed by atoms with Crippen LogP contribution in [0.3, 0.4) is 0 Å². The number of amides is 1. The highest BCUT2D eigenvalue weighted by Gasteiger charge is 2.14. The van der Waals surface area contributed by atoms with Crippen molar-refractivity contribution in [2.45, 2.75) is 6.92 Å². The van der Waals surface area contributed by atoms with E-state index >= 15 is 0 Å². The molecule has 0 radical (unpaired) electrons. The summed E-state index contributed by atoms with van der Waals surface area (Å²) in [5.74, 6) is -1.24. The third kappa shape index (κ3) is 6.20. The third-order valence-corrected chi connectivity index (χ3v) is 4.27. The highest BCUT2D eigenvalue weighted by atomic mass is 19.1. The second-order valence-electron chi connectivity index (χ2n) is 6.54. The summed E-state index contributed by atoms with van der Waals surface area (Å²) in [6.45, 7) is 2.06. The highest BCUT2D eigenvalue weighted by Crippen LogP contribution is 2.29. The van der Waals surface area contributed by atoms with Gasteiger partial charge < -0.3 is 9.47 Å². The molecule has 3 aromatic carbocycles. The number of hydrogen-bond acceptors (Lipinski definition) is 7. The van der Waals surface area contributed by atoms with Crippen LogP contribution in [0.2, 0.25) is 0 Å². The minimum atomic E-state index is -0.673. The average molecular weight is 451 g/mol. The number of ether oxygens (including phenoxy) is 2. The Kier molecular flexibility index (Phi) is 7.43. The Labute approximate surface area is 187 Å². The number of non-ortho nitro benzene ring substituents is 1. The van der Waals surface area contributed by atoms with Crippen molar-refractivity contribution in [3.63, 3.8) is 0 Å². The van der Waals surface area contributed by atoms with Gasteiger partial charge in [0, 0.05) is 17.7 Å². The van der Waals surface area contributed by atoms with Crippen molar-refractivity contribution in [1.29, 1.82) is 0 Å². The predicted molar refractivity (Wildman–Crippen MR) is 117 cm³/mol. The molecular formula is C23H18FN3O6. The SMILES string of the molecule is CCOc1cc(C=NNC(=O)c2ccc([N+](=O)[O-])cc2)ccc1OC(=O)c1ccc(F)cc1. The van der Waals surface area contributed by atoms with Crippen LogP contribution in [0, 0.1) is 15.9 Å². The number of nitro groups is 1. The van der Waals surface area contributed by atoms with Crippen molar-refractivity contribution in [2.24, 2.45) is 5.10 Å². The van der Waals surface area contributed by atoms with Gasteiger partial charge in [-0.15, -0.1) is 0 Å². The Morgan fingerprint density at radius 2 is 1.70 bits per heavy atom. The Bertz CT molecular complexity index is 1190. The van der Waals surface area contributed by atoms with Gasteiger partial charge in [-0.2, -0.15) is 5.10 Å². The van der Waals surface area contributed by atoms with E-state index in [2.05, 4.69) is 10.5 Å². The molecule has 3 rings (SSSR count). The summed E-state index contributed by atoms with van der Waals surface area (Å²) < 4.78 is 23.9. The molecule has 0 aliphatic rings. The van der Waals surface area contributed by atoms with Crippen LogP contribution in [0.25, 0.3) is 0 Å². The van der Waals surface area contributed by atoms with Crippen molar-refractivity contribution in [1.82, 2.24) is 5.43 Å². The van der Waals surface area contributed by atoms with E-state index in [-0.39, 0.29) is 28.3 Å². The second kappa shape index (κ2) is 10.6. The summed E-state index contributed by atoms with van der Waals surface area (Å²) in [6.07, 6.45) is 1.36. The summed E-state index contributed by atoms with van der Waals surface area (Å²) in [5.41, 5.74) is 3.13. The van der Waals surface area contributed by atoms with Gasteiger partial charge in [-0.25, -0.2) is 14.6 Å². The maximum atomic E-state index is 13.0. The molecule has 3 aromatic rings. The fourth-order valence-electron chi connectivity index (χ4n) is 2.67. The van der Waals surface area contributed by atoms with Gasteiger partial charge in [-0.05, 0) is 67.1 Å². The number of benzene rings is 3. The number of nitrogens with one attached hydrogen (secondary N) is 1. The van der Waals surface area contributed by atoms with Gasteiger partial charge in [0.15, 0.2) is 11.5 Å². The molecule has 33 heavy (non-hydrogen) atoms. The van der Waals surface area contributed by atoms with Gasteiger partial charge in [-0.3, -0.25) is 14.9 Å². The van der Waals surface area contributed by atoms with Gasteiger partial charge in [-0.1, -0.05) is 0 Å². The number of halogens is 1. The van der Waals surface area contributed by atoms with Gasteiger partial charge in [0.2, 0.25) is 0 Å². The van der Waals surface area contributed by atoms with E-state index < -0.39 is 22.6 Å². The Morgan fingerprint density at radius 3 is 2.33 bits per heavy atom. The maximum Gasteiger partial charge on any atom is 0.343 e. The smallest absolute Gasteiger partial charge is 0.343 e. The first-order valence-electron chi connectivity index (χ1n) is 9.70. The highest BCUT2D eigenvalue weighted by molar-refractivity contribution is 5.95. The van der Waals surface area contributed by atoms with E-state index in [0.29, 0.717) is 12.2 Å². The van der Waals surface area contributed by atoms with Crippen LogP contribution in [0.5, 0.6) is 11.5 Å². The molecule has 0 aromatic heterocycles. The normalized spacial score (nSPS) is 10.6. The zero-order chi connectivity index (χ0) is 23.8. The summed E-state index contributed by atoms with van der Waals surface area (Å²) in [5, 5.41) is 14.5. The number of carbonyl (C=O) groups excluding carboxylic acids is 2. The Balaban J connectivity index is 1.68. The number of esters is 1. The average Bonchev–Trinajstić information content (AvgIpc) is 2.81. The van der Waals surface area contributed by atoms with Crippen molar-refractivity contribution >= 4 is 23.8 Å². The molecule has 0 heterocycles. The predicted octanol–water partition coefficient (Wildman–Crippen LogP) is 4.12. The number of carbonyl (C=O) groups is 2. The molecule has 0 fully saturated rings. The molecule has 0 aliphatic heterocycles. The summed E-state index contributed by atoms with van der Waals surface area (Å²) in [7, 11) is 0. The lowest BCUT2D eigenvalue weighted by molar-refractivity contribution is -0.384. The zero-order valence-electron chi connectivity index (χ0n) is 17.4. The minimum Gasteiger partial charge on any atom is -0.490 e. The van der Waals surface area contributed by atoms with Crippen LogP contribution in [0.15, 0.2) is 71.8 Å². The number of nitro benzene ring substituents is 1. The second-order valence-corrected chi connectivity index (χ2v) is 6.54. The van der Waals surface area contributed by atoms with Crippen LogP contribution >= 0.6 is 0 Å². The largest absolute Gasteiger partial charge is 0.490 e. The van der Waals surface area contributed by atoms with Gasteiger partial charge in [0.25, 0.3) is 11.6 Å². The number of rotatable bonds is 8. The van der Waals surface area contributed by atoms with Crippen molar-refractivity contribution in [3.05, 3.63) is 99.4 Å². The molecule has 0 bridgehead atoms. The molecule has 1 N–H and O–H groups in total. The van der Waals surface area contributed by atoms with Crippen LogP contribution in [-0.2, 0) is 0 Å². The summed E-state index contributed by atoms with van der Waals surface area (Å²) in [6, 6.07) is 14.7. The van der Waals surface area contributed by atoms with Gasteiger partial charge in [0.05, 0.1) is 23.3 Å². The standard InChI is InChI=1S/C23H18FN3O6/c1-2-32-21-13-15(3-12-20(21)33-23(29)17-4-8-18(24)9-5-17)14-25-26-22(28)16-6-10-19(11-7-16)27(30)31/h3-14H,2H2,1H3,(H,26,28). The summed E-state index contributed by atoms with van der Waals surface area (Å²) in [4.78, 5) is 34.5. The van der Waals surface area contributed by atoms with Gasteiger partial charge >= 0.3 is 5.97 Å². The maximum absolute atomic E-state index is 13.0. The van der Waals surface area contributed by atoms with E-state index in [9.17, 15) is 24.1 Å². The Hall–Kier alpha value is -4.60. The molecule has 0 saturated carbocycles. The number of nitrogens with zero attached hydrogens (tertiary/aromatic N) is 2. The number of hydrazone groups is 1. The molecule has 0 atom stereocenters. The summed E-state index contributed by atoms with van der Waals surface area (Å²) >= 11 is 0. The van der Waals surface area contributed by atoms with Crippen LogP contribution in [0.4, 0.5) is 10.1 Å². The molecule has 168 valence electrons. The first kappa shape index (κ1) is 23.1. The lowest BCUT2D eigenvalue weighted by Gasteiger charge is -2.11. The quantitative estimate of drug-likeness (QED) is 0.181. The van der Waals surface area contributed by atoms with Crippen LogP contribution in [-0.4, -0.2) is 29.6 Å². The van der Waals surface area contributed by atoms with E-state index in [0.717, 1.165) is 12.1 Å². The van der Waals surface area contributed by atoms with Crippen molar-refractivity contribution in [2.75, 3.05) is 6.61 Å². The monoisotopic (exact) mass is 451 g/mol. The molecule has 10 heteroatoms. The zero-order valence-corrected chi connectivity index (χ0v) is 17.4. The van der Waals surface area contributed by atoms with E-state index in [1.165, 1.54) is 48.7 Å². The molecule has 0 unspecified atom stereocenters. The fraction of sp³-hybridized carbons (Fsp3) is 0.0870. The first-order valence-corrected chi connectivity index (χ1v) is 9.70. The fourth-order valence-corrected chi connectivity index (χ4v) is 2.67. The van der Waals surface area contributed by atoms with E-state index in [4.69, 9.17) is 9.47 Å². The molecule has 0 saturated heterocycles. The lowest BCUT2D eigenvalue weighted by Crippen LogP contribution is -2.17. The molecule has 9 nitrogen and oxygen atoms in total. The molecule has 0 aliphatic carbocycles. The lowest BCUT2D eigenvalue weighted by atomic mass is 10.2. The number of hydrogen-bond donors (Lipinski definition) is 1. The van der Waals surface area contributed by atoms with Crippen LogP contribution < -0.4 is 14.9 Å². The minimum absolute atomic E-state index is 0.126.